The van der Waals surface area contributed by atoms with Gasteiger partial charge in [0.25, 0.3) is 23.6 Å². The Hall–Kier alpha value is -2.93. The maximum Gasteiger partial charge on any atom is 0.254 e. The Balaban J connectivity index is 1.41. The van der Waals surface area contributed by atoms with E-state index in [9.17, 15) is 19.2 Å². The zero-order valence-electron chi connectivity index (χ0n) is 16.1. The van der Waals surface area contributed by atoms with Crippen molar-refractivity contribution in [3.05, 3.63) is 70.6 Å². The monoisotopic (exact) mass is 408 g/mol. The second-order valence-electron chi connectivity index (χ2n) is 7.79. The first-order valence-electron chi connectivity index (χ1n) is 9.31. The molecule has 4 rings (SSSR count). The molecule has 0 radical (unpaired) electrons. The molecule has 2 atom stereocenters. The van der Waals surface area contributed by atoms with Gasteiger partial charge >= 0.3 is 0 Å². The standard InChI is InChI=1S/C22H20N2O4S/c1-21(23-17(25)3-4-18(23)26)11-7-15(8-12-21)29-16-9-13-22(2,14-10-16)24-19(27)5-6-20(24)28/h3-11,13H,12,14H2,1-2H3. The van der Waals surface area contributed by atoms with Crippen LogP contribution in [0.25, 0.3) is 0 Å². The molecule has 0 aromatic heterocycles. The third-order valence-electron chi connectivity index (χ3n) is 5.52. The van der Waals surface area contributed by atoms with E-state index in [1.54, 1.807) is 11.8 Å². The van der Waals surface area contributed by atoms with Gasteiger partial charge in [0.15, 0.2) is 0 Å². The molecule has 0 saturated heterocycles. The fraction of sp³-hybridized carbons (Fsp3) is 0.273. The number of imide groups is 2. The highest BCUT2D eigenvalue weighted by Crippen LogP contribution is 2.39. The van der Waals surface area contributed by atoms with Crippen LogP contribution in [0.1, 0.15) is 26.7 Å². The summed E-state index contributed by atoms with van der Waals surface area (Å²) >= 11 is 1.57. The molecule has 0 aromatic carbocycles. The van der Waals surface area contributed by atoms with Crippen LogP contribution in [0.4, 0.5) is 0 Å². The Morgan fingerprint density at radius 3 is 1.28 bits per heavy atom. The Morgan fingerprint density at radius 2 is 1.00 bits per heavy atom. The molecular weight excluding hydrogens is 388 g/mol. The van der Waals surface area contributed by atoms with Crippen molar-refractivity contribution in [3.8, 4) is 0 Å². The summed E-state index contributed by atoms with van der Waals surface area (Å²) in [6.07, 6.45) is 18.0. The van der Waals surface area contributed by atoms with Gasteiger partial charge in [0.2, 0.25) is 0 Å². The number of hydrogen-bond acceptors (Lipinski definition) is 5. The lowest BCUT2D eigenvalue weighted by Crippen LogP contribution is -2.49. The van der Waals surface area contributed by atoms with E-state index in [0.29, 0.717) is 12.8 Å². The highest BCUT2D eigenvalue weighted by molar-refractivity contribution is 8.07. The molecule has 7 heteroatoms. The Labute approximate surface area is 173 Å². The maximum absolute atomic E-state index is 12.0. The Morgan fingerprint density at radius 1 is 0.655 bits per heavy atom. The third-order valence-corrected chi connectivity index (χ3v) is 6.60. The van der Waals surface area contributed by atoms with Gasteiger partial charge in [-0.2, -0.15) is 0 Å². The van der Waals surface area contributed by atoms with Crippen molar-refractivity contribution < 1.29 is 19.2 Å². The second-order valence-corrected chi connectivity index (χ2v) is 8.94. The van der Waals surface area contributed by atoms with Gasteiger partial charge in [0.1, 0.15) is 0 Å². The quantitative estimate of drug-likeness (QED) is 0.669. The van der Waals surface area contributed by atoms with E-state index >= 15 is 0 Å². The van der Waals surface area contributed by atoms with Gasteiger partial charge in [-0.25, -0.2) is 0 Å². The maximum atomic E-state index is 12.0. The number of carbonyl (C=O) groups is 4. The van der Waals surface area contributed by atoms with Crippen molar-refractivity contribution >= 4 is 35.4 Å². The summed E-state index contributed by atoms with van der Waals surface area (Å²) in [5.41, 5.74) is -1.33. The summed E-state index contributed by atoms with van der Waals surface area (Å²) in [4.78, 5) is 52.6. The summed E-state index contributed by atoms with van der Waals surface area (Å²) in [7, 11) is 0. The fourth-order valence-corrected chi connectivity index (χ4v) is 4.71. The van der Waals surface area contributed by atoms with Crippen molar-refractivity contribution in [2.75, 3.05) is 0 Å². The number of hydrogen-bond donors (Lipinski definition) is 0. The molecule has 148 valence electrons. The first-order chi connectivity index (χ1) is 13.7. The molecule has 2 unspecified atom stereocenters. The number of rotatable bonds is 4. The number of amides is 4. The molecule has 0 aromatic rings. The van der Waals surface area contributed by atoms with Gasteiger partial charge in [0.05, 0.1) is 11.1 Å². The predicted molar refractivity (Wildman–Crippen MR) is 110 cm³/mol. The van der Waals surface area contributed by atoms with Gasteiger partial charge in [-0.05, 0) is 26.7 Å². The Kier molecular flexibility index (Phi) is 4.58. The van der Waals surface area contributed by atoms with Gasteiger partial charge < -0.3 is 0 Å². The topological polar surface area (TPSA) is 74.8 Å². The first-order valence-corrected chi connectivity index (χ1v) is 10.1. The highest BCUT2D eigenvalue weighted by Gasteiger charge is 2.40. The van der Waals surface area contributed by atoms with Gasteiger partial charge in [-0.3, -0.25) is 29.0 Å². The molecule has 4 amide bonds. The number of thioether (sulfide) groups is 1. The lowest BCUT2D eigenvalue weighted by Gasteiger charge is -2.36. The van der Waals surface area contributed by atoms with Crippen LogP contribution in [0.15, 0.2) is 70.6 Å². The number of allylic oxidation sites excluding steroid dienone is 2. The lowest BCUT2D eigenvalue weighted by molar-refractivity contribution is -0.143. The molecular formula is C22H20N2O4S. The summed E-state index contributed by atoms with van der Waals surface area (Å²) in [6.45, 7) is 3.74. The average Bonchev–Trinajstić information content (AvgIpc) is 3.21. The van der Waals surface area contributed by atoms with Crippen molar-refractivity contribution in [2.45, 2.75) is 37.8 Å². The normalized spacial score (nSPS) is 31.2. The zero-order chi connectivity index (χ0) is 20.8. The molecule has 0 spiro atoms. The van der Waals surface area contributed by atoms with Crippen LogP contribution in [-0.2, 0) is 19.2 Å². The van der Waals surface area contributed by atoms with Crippen LogP contribution in [0, 0.1) is 0 Å². The summed E-state index contributed by atoms with van der Waals surface area (Å²) in [6, 6.07) is 0. The van der Waals surface area contributed by atoms with Crippen LogP contribution < -0.4 is 0 Å². The highest BCUT2D eigenvalue weighted by atomic mass is 32.2. The van der Waals surface area contributed by atoms with Gasteiger partial charge in [-0.15, -0.1) is 0 Å². The van der Waals surface area contributed by atoms with Crippen LogP contribution >= 0.6 is 11.8 Å². The first kappa shape index (κ1) is 19.4. The van der Waals surface area contributed by atoms with Crippen molar-refractivity contribution in [1.82, 2.24) is 9.80 Å². The van der Waals surface area contributed by atoms with E-state index in [1.807, 2.05) is 50.3 Å². The average molecular weight is 408 g/mol. The summed E-state index contributed by atoms with van der Waals surface area (Å²) in [5.74, 6) is -1.15. The van der Waals surface area contributed by atoms with Crippen molar-refractivity contribution in [3.63, 3.8) is 0 Å². The number of carbonyl (C=O) groups excluding carboxylic acids is 4. The van der Waals surface area contributed by atoms with E-state index in [1.165, 1.54) is 34.1 Å². The number of nitrogens with zero attached hydrogens (tertiary/aromatic N) is 2. The molecule has 0 saturated carbocycles. The van der Waals surface area contributed by atoms with Crippen molar-refractivity contribution in [1.29, 1.82) is 0 Å². The van der Waals surface area contributed by atoms with E-state index in [4.69, 9.17) is 0 Å². The third kappa shape index (κ3) is 3.35. The van der Waals surface area contributed by atoms with E-state index in [-0.39, 0.29) is 23.6 Å². The van der Waals surface area contributed by atoms with Gasteiger partial charge in [-0.1, -0.05) is 48.2 Å². The second kappa shape index (κ2) is 6.84. The zero-order valence-corrected chi connectivity index (χ0v) is 16.9. The molecule has 6 nitrogen and oxygen atoms in total. The molecule has 4 aliphatic rings. The van der Waals surface area contributed by atoms with E-state index < -0.39 is 11.1 Å². The largest absolute Gasteiger partial charge is 0.269 e. The minimum atomic E-state index is -0.666. The molecule has 2 aliphatic heterocycles. The molecule has 0 N–H and O–H groups in total. The summed E-state index contributed by atoms with van der Waals surface area (Å²) < 4.78 is 0. The van der Waals surface area contributed by atoms with Crippen LogP contribution in [0.2, 0.25) is 0 Å². The smallest absolute Gasteiger partial charge is 0.254 e. The summed E-state index contributed by atoms with van der Waals surface area (Å²) in [5, 5.41) is 0. The molecule has 0 bridgehead atoms. The Bertz CT molecular complexity index is 900. The predicted octanol–water partition coefficient (Wildman–Crippen LogP) is 2.77. The lowest BCUT2D eigenvalue weighted by atomic mass is 9.91. The van der Waals surface area contributed by atoms with Crippen LogP contribution in [0.3, 0.4) is 0 Å². The van der Waals surface area contributed by atoms with Crippen LogP contribution in [-0.4, -0.2) is 44.5 Å². The van der Waals surface area contributed by atoms with E-state index in [0.717, 1.165) is 9.81 Å². The molecule has 2 heterocycles. The fourth-order valence-electron chi connectivity index (χ4n) is 3.84. The van der Waals surface area contributed by atoms with E-state index in [2.05, 4.69) is 0 Å². The van der Waals surface area contributed by atoms with Crippen molar-refractivity contribution in [2.24, 2.45) is 0 Å². The minimum absolute atomic E-state index is 0.288. The SMILES string of the molecule is CC1(N2C(=O)C=CC2=O)C=CC(SC2=CCC(C)(N3C(=O)C=CC3=O)C=C2)=CC1. The van der Waals surface area contributed by atoms with Gasteiger partial charge in [0, 0.05) is 34.1 Å². The molecule has 2 aliphatic carbocycles. The minimum Gasteiger partial charge on any atom is -0.269 e. The molecule has 29 heavy (non-hydrogen) atoms. The van der Waals surface area contributed by atoms with Crippen LogP contribution in [0.5, 0.6) is 0 Å². The molecule has 0 fully saturated rings.